The van der Waals surface area contributed by atoms with Gasteiger partial charge in [-0.05, 0) is 30.7 Å². The van der Waals surface area contributed by atoms with Crippen LogP contribution in [0, 0.1) is 12.8 Å². The van der Waals surface area contributed by atoms with Gasteiger partial charge in [0, 0.05) is 5.02 Å². The number of carbonyl (C=O) groups excluding carboxylic acids is 3. The number of amides is 2. The van der Waals surface area contributed by atoms with E-state index in [0.717, 1.165) is 10.5 Å². The highest BCUT2D eigenvalue weighted by molar-refractivity contribution is 6.48. The molecule has 0 radical (unpaired) electrons. The van der Waals surface area contributed by atoms with E-state index >= 15 is 0 Å². The molecule has 2 aliphatic heterocycles. The fraction of sp³-hybridized carbons (Fsp3) is 0.200. The summed E-state index contributed by atoms with van der Waals surface area (Å²) in [6.07, 6.45) is 0. The van der Waals surface area contributed by atoms with E-state index in [1.54, 1.807) is 12.1 Å². The van der Waals surface area contributed by atoms with Crippen LogP contribution in [0.5, 0.6) is 0 Å². The molecule has 148 valence electrons. The molecule has 2 atom stereocenters. The van der Waals surface area contributed by atoms with Crippen molar-refractivity contribution in [1.82, 2.24) is 5.43 Å². The number of methoxy groups -OCH3 is 1. The van der Waals surface area contributed by atoms with Gasteiger partial charge in [-0.25, -0.2) is 9.69 Å². The van der Waals surface area contributed by atoms with Gasteiger partial charge in [0.05, 0.1) is 17.8 Å². The predicted molar refractivity (Wildman–Crippen MR) is 108 cm³/mol. The molecule has 1 fully saturated rings. The molecular formula is C20H15Cl2N3O4. The maximum Gasteiger partial charge on any atom is 0.355 e. The minimum atomic E-state index is -1.57. The van der Waals surface area contributed by atoms with Crippen molar-refractivity contribution >= 4 is 52.4 Å². The highest BCUT2D eigenvalue weighted by Crippen LogP contribution is 2.46. The molecule has 2 amide bonds. The first kappa shape index (κ1) is 19.4. The van der Waals surface area contributed by atoms with Crippen molar-refractivity contribution in [3.05, 3.63) is 63.6 Å². The molecule has 4 rings (SSSR count). The average molecular weight is 432 g/mol. The largest absolute Gasteiger partial charge is 0.464 e. The smallest absolute Gasteiger partial charge is 0.355 e. The van der Waals surface area contributed by atoms with Crippen LogP contribution in [0.2, 0.25) is 10.0 Å². The van der Waals surface area contributed by atoms with E-state index in [1.807, 2.05) is 19.1 Å². The number of hydrogen-bond acceptors (Lipinski definition) is 6. The fourth-order valence-electron chi connectivity index (χ4n) is 3.69. The number of aryl methyl sites for hydroxylation is 1. The van der Waals surface area contributed by atoms with Crippen LogP contribution in [0.25, 0.3) is 0 Å². The second-order valence-corrected chi connectivity index (χ2v) is 7.63. The third-order valence-corrected chi connectivity index (χ3v) is 5.66. The lowest BCUT2D eigenvalue weighted by Gasteiger charge is -2.26. The van der Waals surface area contributed by atoms with Gasteiger partial charge in [0.15, 0.2) is 11.3 Å². The van der Waals surface area contributed by atoms with E-state index in [9.17, 15) is 14.4 Å². The van der Waals surface area contributed by atoms with E-state index < -0.39 is 29.2 Å². The number of esters is 1. The van der Waals surface area contributed by atoms with Crippen LogP contribution in [0.15, 0.2) is 47.6 Å². The van der Waals surface area contributed by atoms with Crippen molar-refractivity contribution in [2.45, 2.75) is 12.5 Å². The maximum atomic E-state index is 13.6. The van der Waals surface area contributed by atoms with Gasteiger partial charge in [0.2, 0.25) is 5.91 Å². The Morgan fingerprint density at radius 3 is 2.48 bits per heavy atom. The topological polar surface area (TPSA) is 88.1 Å². The highest BCUT2D eigenvalue weighted by atomic mass is 35.5. The molecule has 0 spiro atoms. The first-order valence-electron chi connectivity index (χ1n) is 8.65. The summed E-state index contributed by atoms with van der Waals surface area (Å²) in [6.45, 7) is 1.90. The molecule has 2 aromatic rings. The molecule has 2 heterocycles. The quantitative estimate of drug-likeness (QED) is 0.596. The molecule has 0 unspecified atom stereocenters. The van der Waals surface area contributed by atoms with Crippen LogP contribution < -0.4 is 10.3 Å². The summed E-state index contributed by atoms with van der Waals surface area (Å²) in [5, 5.41) is 4.49. The van der Waals surface area contributed by atoms with Gasteiger partial charge < -0.3 is 4.74 Å². The molecule has 2 aliphatic rings. The summed E-state index contributed by atoms with van der Waals surface area (Å²) in [5.74, 6) is -3.21. The number of benzene rings is 2. The number of halogens is 2. The zero-order valence-corrected chi connectivity index (χ0v) is 16.9. The van der Waals surface area contributed by atoms with Crippen LogP contribution in [0.4, 0.5) is 5.69 Å². The number of fused-ring (bicyclic) bond motifs is 1. The number of hydrogen-bond donors (Lipinski definition) is 1. The van der Waals surface area contributed by atoms with Gasteiger partial charge in [-0.2, -0.15) is 5.10 Å². The third kappa shape index (κ3) is 2.73. The molecule has 9 heteroatoms. The normalized spacial score (nSPS) is 23.0. The monoisotopic (exact) mass is 431 g/mol. The second kappa shape index (κ2) is 6.86. The molecule has 1 saturated heterocycles. The van der Waals surface area contributed by atoms with Crippen LogP contribution >= 0.6 is 23.2 Å². The lowest BCUT2D eigenvalue weighted by Crippen LogP contribution is -2.48. The van der Waals surface area contributed by atoms with Crippen LogP contribution in [-0.2, 0) is 24.7 Å². The SMILES string of the molecule is COC(=O)C1=NN[C@@]2(c3ccc(C)cc3)C(=O)N(c3ccc(Cl)cc3Cl)C(=O)[C@@H]12. The second-order valence-electron chi connectivity index (χ2n) is 6.78. The van der Waals surface area contributed by atoms with E-state index in [2.05, 4.69) is 10.5 Å². The van der Waals surface area contributed by atoms with Gasteiger partial charge in [-0.3, -0.25) is 15.0 Å². The number of ether oxygens (including phenoxy) is 1. The molecule has 0 aromatic heterocycles. The molecule has 0 bridgehead atoms. The van der Waals surface area contributed by atoms with Crippen LogP contribution in [0.1, 0.15) is 11.1 Å². The number of nitrogens with one attached hydrogen (secondary N) is 1. The number of nitrogens with zero attached hydrogens (tertiary/aromatic N) is 2. The molecule has 0 saturated carbocycles. The zero-order valence-electron chi connectivity index (χ0n) is 15.4. The lowest BCUT2D eigenvalue weighted by atomic mass is 9.78. The third-order valence-electron chi connectivity index (χ3n) is 5.12. The number of carbonyl (C=O) groups is 3. The lowest BCUT2D eigenvalue weighted by molar-refractivity contribution is -0.133. The van der Waals surface area contributed by atoms with Gasteiger partial charge in [0.1, 0.15) is 5.92 Å². The molecule has 2 aromatic carbocycles. The van der Waals surface area contributed by atoms with E-state index in [-0.39, 0.29) is 16.4 Å². The van der Waals surface area contributed by atoms with E-state index in [1.165, 1.54) is 25.3 Å². The first-order chi connectivity index (χ1) is 13.8. The number of imide groups is 1. The Bertz CT molecular complexity index is 1080. The van der Waals surface area contributed by atoms with Crippen molar-refractivity contribution < 1.29 is 19.1 Å². The van der Waals surface area contributed by atoms with Gasteiger partial charge in [0.25, 0.3) is 5.91 Å². The predicted octanol–water partition coefficient (Wildman–Crippen LogP) is 2.82. The standard InChI is InChI=1S/C20H15Cl2N3O4/c1-10-3-5-11(6-4-10)20-15(16(23-24-20)18(27)29-2)17(26)25(19(20)28)14-8-7-12(21)9-13(14)22/h3-9,15,24H,1-2H3/t15-,20-/m1/s1. The Labute approximate surface area is 176 Å². The average Bonchev–Trinajstić information content (AvgIpc) is 3.19. The summed E-state index contributed by atoms with van der Waals surface area (Å²) >= 11 is 12.2. The van der Waals surface area contributed by atoms with Crippen molar-refractivity contribution in [2.24, 2.45) is 11.0 Å². The number of hydrazone groups is 1. The fourth-order valence-corrected chi connectivity index (χ4v) is 4.18. The van der Waals surface area contributed by atoms with Gasteiger partial charge in [-0.15, -0.1) is 0 Å². The Balaban J connectivity index is 1.91. The molecule has 29 heavy (non-hydrogen) atoms. The first-order valence-corrected chi connectivity index (χ1v) is 9.40. The van der Waals surface area contributed by atoms with Crippen molar-refractivity contribution in [3.8, 4) is 0 Å². The molecular weight excluding hydrogens is 417 g/mol. The Hall–Kier alpha value is -2.90. The minimum absolute atomic E-state index is 0.134. The van der Waals surface area contributed by atoms with E-state index in [4.69, 9.17) is 27.9 Å². The zero-order chi connectivity index (χ0) is 20.9. The molecule has 1 N–H and O–H groups in total. The number of anilines is 1. The van der Waals surface area contributed by atoms with Crippen LogP contribution in [0.3, 0.4) is 0 Å². The van der Waals surface area contributed by atoms with Gasteiger partial charge in [-0.1, -0.05) is 53.0 Å². The van der Waals surface area contributed by atoms with Gasteiger partial charge >= 0.3 is 5.97 Å². The Kier molecular flexibility index (Phi) is 4.59. The molecule has 7 nitrogen and oxygen atoms in total. The summed E-state index contributed by atoms with van der Waals surface area (Å²) in [5.41, 5.74) is 2.67. The number of rotatable bonds is 3. The Morgan fingerprint density at radius 2 is 1.86 bits per heavy atom. The summed E-state index contributed by atoms with van der Waals surface area (Å²) < 4.78 is 4.77. The van der Waals surface area contributed by atoms with Crippen molar-refractivity contribution in [3.63, 3.8) is 0 Å². The summed E-state index contributed by atoms with van der Waals surface area (Å²) in [6, 6.07) is 11.5. The van der Waals surface area contributed by atoms with Crippen molar-refractivity contribution in [2.75, 3.05) is 12.0 Å². The highest BCUT2D eigenvalue weighted by Gasteiger charge is 2.67. The molecule has 0 aliphatic carbocycles. The summed E-state index contributed by atoms with van der Waals surface area (Å²) in [7, 11) is 1.19. The maximum absolute atomic E-state index is 13.6. The minimum Gasteiger partial charge on any atom is -0.464 e. The van der Waals surface area contributed by atoms with Crippen LogP contribution in [-0.4, -0.2) is 30.6 Å². The van der Waals surface area contributed by atoms with E-state index in [0.29, 0.717) is 10.6 Å². The summed E-state index contributed by atoms with van der Waals surface area (Å²) in [4.78, 5) is 40.3. The Morgan fingerprint density at radius 1 is 1.17 bits per heavy atom. The van der Waals surface area contributed by atoms with Crippen molar-refractivity contribution in [1.29, 1.82) is 0 Å².